The van der Waals surface area contributed by atoms with Gasteiger partial charge in [0.15, 0.2) is 0 Å². The first-order chi connectivity index (χ1) is 11.3. The number of hydrogen-bond donors (Lipinski definition) is 2. The Hall–Kier alpha value is -1.78. The molecule has 2 rings (SSSR count). The van der Waals surface area contributed by atoms with E-state index in [0.717, 1.165) is 43.4 Å². The van der Waals surface area contributed by atoms with Crippen LogP contribution in [0.25, 0.3) is 10.8 Å². The molecule has 0 heterocycles. The fourth-order valence-electron chi connectivity index (χ4n) is 2.49. The van der Waals surface area contributed by atoms with Gasteiger partial charge in [-0.25, -0.2) is 0 Å². The summed E-state index contributed by atoms with van der Waals surface area (Å²) in [6, 6.07) is 14.2. The fraction of sp³-hybridized carbons (Fsp3) is 0.421. The standard InChI is InChI=1S/C19H26N2O2.ClH/c20-12-6-2-1-3-9-19(22)21-13-14-23-18-11-10-16-7-4-5-8-17(16)15-18;/h4-5,7-8,10-11,15H,1-3,6,9,12-14,20H2,(H,21,22);1H. The quantitative estimate of drug-likeness (QED) is 0.642. The van der Waals surface area contributed by atoms with Crippen molar-refractivity contribution < 1.29 is 9.53 Å². The molecule has 4 nitrogen and oxygen atoms in total. The fourth-order valence-corrected chi connectivity index (χ4v) is 2.49. The Morgan fingerprint density at radius 1 is 1.00 bits per heavy atom. The number of hydrogen-bond acceptors (Lipinski definition) is 3. The zero-order valence-electron chi connectivity index (χ0n) is 14.0. The number of carbonyl (C=O) groups is 1. The summed E-state index contributed by atoms with van der Waals surface area (Å²) in [5.41, 5.74) is 5.44. The summed E-state index contributed by atoms with van der Waals surface area (Å²) in [6.07, 6.45) is 4.73. The third-order valence-electron chi connectivity index (χ3n) is 3.77. The molecule has 0 bridgehead atoms. The maximum Gasteiger partial charge on any atom is 0.220 e. The first-order valence-electron chi connectivity index (χ1n) is 8.38. The van der Waals surface area contributed by atoms with E-state index < -0.39 is 0 Å². The molecule has 0 saturated carbocycles. The topological polar surface area (TPSA) is 64.4 Å². The van der Waals surface area contributed by atoms with Crippen molar-refractivity contribution in [1.29, 1.82) is 0 Å². The molecule has 1 amide bonds. The van der Waals surface area contributed by atoms with E-state index in [1.165, 1.54) is 5.39 Å². The number of benzene rings is 2. The zero-order chi connectivity index (χ0) is 16.3. The summed E-state index contributed by atoms with van der Waals surface area (Å²) in [6.45, 7) is 1.75. The first kappa shape index (κ1) is 20.3. The lowest BCUT2D eigenvalue weighted by Crippen LogP contribution is -2.27. The van der Waals surface area contributed by atoms with Gasteiger partial charge in [-0.05, 0) is 42.3 Å². The third-order valence-corrected chi connectivity index (χ3v) is 3.77. The molecule has 0 aromatic heterocycles. The molecule has 0 radical (unpaired) electrons. The van der Waals surface area contributed by atoms with Crippen molar-refractivity contribution in [3.8, 4) is 5.75 Å². The minimum absolute atomic E-state index is 0. The van der Waals surface area contributed by atoms with Gasteiger partial charge in [0.2, 0.25) is 5.91 Å². The predicted molar refractivity (Wildman–Crippen MR) is 102 cm³/mol. The van der Waals surface area contributed by atoms with E-state index in [9.17, 15) is 4.79 Å². The Balaban J connectivity index is 0.00000288. The van der Waals surface area contributed by atoms with Gasteiger partial charge >= 0.3 is 0 Å². The smallest absolute Gasteiger partial charge is 0.220 e. The highest BCUT2D eigenvalue weighted by Gasteiger charge is 2.01. The third kappa shape index (κ3) is 7.20. The molecule has 24 heavy (non-hydrogen) atoms. The maximum atomic E-state index is 11.7. The number of unbranched alkanes of at least 4 members (excludes halogenated alkanes) is 3. The first-order valence-corrected chi connectivity index (χ1v) is 8.38. The highest BCUT2D eigenvalue weighted by atomic mass is 35.5. The van der Waals surface area contributed by atoms with Crippen molar-refractivity contribution in [2.24, 2.45) is 5.73 Å². The van der Waals surface area contributed by atoms with Crippen molar-refractivity contribution in [3.05, 3.63) is 42.5 Å². The van der Waals surface area contributed by atoms with E-state index in [0.29, 0.717) is 19.6 Å². The number of amides is 1. The molecule has 0 spiro atoms. The van der Waals surface area contributed by atoms with Gasteiger partial charge in [-0.3, -0.25) is 4.79 Å². The average molecular weight is 351 g/mol. The van der Waals surface area contributed by atoms with Crippen LogP contribution >= 0.6 is 12.4 Å². The molecule has 0 aliphatic rings. The maximum absolute atomic E-state index is 11.7. The summed E-state index contributed by atoms with van der Waals surface area (Å²) in [5.74, 6) is 0.930. The summed E-state index contributed by atoms with van der Waals surface area (Å²) < 4.78 is 5.69. The number of rotatable bonds is 10. The van der Waals surface area contributed by atoms with Gasteiger partial charge < -0.3 is 15.8 Å². The van der Waals surface area contributed by atoms with Crippen molar-refractivity contribution in [2.45, 2.75) is 32.1 Å². The van der Waals surface area contributed by atoms with Gasteiger partial charge in [0.05, 0.1) is 6.54 Å². The van der Waals surface area contributed by atoms with Gasteiger partial charge in [0.1, 0.15) is 12.4 Å². The minimum atomic E-state index is 0. The van der Waals surface area contributed by atoms with Crippen LogP contribution in [0.5, 0.6) is 5.75 Å². The van der Waals surface area contributed by atoms with E-state index in [4.69, 9.17) is 10.5 Å². The zero-order valence-corrected chi connectivity index (χ0v) is 14.8. The van der Waals surface area contributed by atoms with Crippen LogP contribution in [0, 0.1) is 0 Å². The molecule has 5 heteroatoms. The van der Waals surface area contributed by atoms with Gasteiger partial charge in [-0.1, -0.05) is 43.2 Å². The van der Waals surface area contributed by atoms with E-state index in [2.05, 4.69) is 17.4 Å². The van der Waals surface area contributed by atoms with Crippen LogP contribution in [0.3, 0.4) is 0 Å². The SMILES string of the molecule is Cl.NCCCCCCC(=O)NCCOc1ccc2ccccc2c1. The number of carbonyl (C=O) groups excluding carboxylic acids is 1. The number of nitrogens with one attached hydrogen (secondary N) is 1. The van der Waals surface area contributed by atoms with Crippen LogP contribution in [-0.2, 0) is 4.79 Å². The van der Waals surface area contributed by atoms with Crippen LogP contribution in [0.4, 0.5) is 0 Å². The van der Waals surface area contributed by atoms with Crippen LogP contribution in [-0.4, -0.2) is 25.6 Å². The van der Waals surface area contributed by atoms with Crippen molar-refractivity contribution in [1.82, 2.24) is 5.32 Å². The Kier molecular flexibility index (Phi) is 9.89. The van der Waals surface area contributed by atoms with Crippen LogP contribution in [0.1, 0.15) is 32.1 Å². The number of halogens is 1. The molecule has 0 aliphatic heterocycles. The highest BCUT2D eigenvalue weighted by molar-refractivity contribution is 5.85. The molecule has 0 unspecified atom stereocenters. The lowest BCUT2D eigenvalue weighted by molar-refractivity contribution is -0.121. The molecule has 2 aromatic rings. The molecular weight excluding hydrogens is 324 g/mol. The second kappa shape index (κ2) is 11.7. The largest absolute Gasteiger partial charge is 0.492 e. The second-order valence-electron chi connectivity index (χ2n) is 5.66. The number of ether oxygens (including phenoxy) is 1. The molecule has 132 valence electrons. The highest BCUT2D eigenvalue weighted by Crippen LogP contribution is 2.20. The van der Waals surface area contributed by atoms with Crippen LogP contribution in [0.15, 0.2) is 42.5 Å². The summed E-state index contributed by atoms with van der Waals surface area (Å²) in [4.78, 5) is 11.7. The van der Waals surface area contributed by atoms with Crippen LogP contribution in [0.2, 0.25) is 0 Å². The van der Waals surface area contributed by atoms with E-state index >= 15 is 0 Å². The minimum Gasteiger partial charge on any atom is -0.492 e. The summed E-state index contributed by atoms with van der Waals surface area (Å²) in [5, 5.41) is 5.25. The van der Waals surface area contributed by atoms with Crippen molar-refractivity contribution >= 4 is 29.1 Å². The molecule has 3 N–H and O–H groups in total. The molecule has 2 aromatic carbocycles. The van der Waals surface area contributed by atoms with E-state index in [-0.39, 0.29) is 18.3 Å². The molecule has 0 fully saturated rings. The summed E-state index contributed by atoms with van der Waals surface area (Å²) >= 11 is 0. The van der Waals surface area contributed by atoms with Gasteiger partial charge in [-0.2, -0.15) is 0 Å². The summed E-state index contributed by atoms with van der Waals surface area (Å²) in [7, 11) is 0. The van der Waals surface area contributed by atoms with Crippen molar-refractivity contribution in [3.63, 3.8) is 0 Å². The predicted octanol–water partition coefficient (Wildman–Crippen LogP) is 3.67. The van der Waals surface area contributed by atoms with Gasteiger partial charge in [0.25, 0.3) is 0 Å². The average Bonchev–Trinajstić information content (AvgIpc) is 2.58. The number of nitrogens with two attached hydrogens (primary N) is 1. The molecule has 0 saturated heterocycles. The van der Waals surface area contributed by atoms with Crippen LogP contribution < -0.4 is 15.8 Å². The molecule has 0 atom stereocenters. The second-order valence-corrected chi connectivity index (χ2v) is 5.66. The van der Waals surface area contributed by atoms with E-state index in [1.54, 1.807) is 0 Å². The normalized spacial score (nSPS) is 10.2. The van der Waals surface area contributed by atoms with Gasteiger partial charge in [-0.15, -0.1) is 12.4 Å². The Labute approximate surface area is 150 Å². The monoisotopic (exact) mass is 350 g/mol. The van der Waals surface area contributed by atoms with Crippen molar-refractivity contribution in [2.75, 3.05) is 19.7 Å². The molecule has 0 aliphatic carbocycles. The molecular formula is C19H27ClN2O2. The number of fused-ring (bicyclic) bond motifs is 1. The Morgan fingerprint density at radius 3 is 2.54 bits per heavy atom. The van der Waals surface area contributed by atoms with E-state index in [1.807, 2.05) is 30.3 Å². The Bertz CT molecular complexity index is 619. The van der Waals surface area contributed by atoms with Gasteiger partial charge in [0, 0.05) is 6.42 Å². The lowest BCUT2D eigenvalue weighted by Gasteiger charge is -2.08. The lowest BCUT2D eigenvalue weighted by atomic mass is 10.1. The Morgan fingerprint density at radius 2 is 1.75 bits per heavy atom.